The summed E-state index contributed by atoms with van der Waals surface area (Å²) in [4.78, 5) is 4.31. The van der Waals surface area contributed by atoms with E-state index in [0.29, 0.717) is 0 Å². The van der Waals surface area contributed by atoms with Gasteiger partial charge in [0.25, 0.3) is 0 Å². The molecule has 0 aromatic heterocycles. The molecule has 112 valence electrons. The lowest BCUT2D eigenvalue weighted by atomic mass is 10.2. The Morgan fingerprint density at radius 3 is 2.45 bits per heavy atom. The van der Waals surface area contributed by atoms with E-state index in [-0.39, 0.29) is 10.8 Å². The lowest BCUT2D eigenvalue weighted by Gasteiger charge is -2.34. The summed E-state index contributed by atoms with van der Waals surface area (Å²) in [5.74, 6) is 0.0698. The molecule has 0 unspecified atom stereocenters. The first-order chi connectivity index (χ1) is 9.35. The second-order valence-electron chi connectivity index (χ2n) is 4.81. The average Bonchev–Trinajstić information content (AvgIpc) is 2.38. The lowest BCUT2D eigenvalue weighted by Crippen LogP contribution is -2.44. The second kappa shape index (κ2) is 6.10. The maximum atomic E-state index is 12.2. The lowest BCUT2D eigenvalue weighted by molar-refractivity contribution is -0.153. The van der Waals surface area contributed by atoms with Crippen molar-refractivity contribution in [2.45, 2.75) is 6.18 Å². The van der Waals surface area contributed by atoms with Crippen LogP contribution in [0.3, 0.4) is 0 Å². The van der Waals surface area contributed by atoms with Gasteiger partial charge in [-0.3, -0.25) is 0 Å². The predicted octanol–water partition coefficient (Wildman–Crippen LogP) is 3.03. The maximum Gasteiger partial charge on any atom is 0.422 e. The Morgan fingerprint density at radius 1 is 1.20 bits per heavy atom. The van der Waals surface area contributed by atoms with Gasteiger partial charge in [0.05, 0.1) is 5.02 Å². The van der Waals surface area contributed by atoms with Crippen LogP contribution in [0, 0.1) is 0 Å². The summed E-state index contributed by atoms with van der Waals surface area (Å²) in [6.07, 6.45) is -4.37. The van der Waals surface area contributed by atoms with Crippen LogP contribution in [0.5, 0.6) is 5.75 Å². The highest BCUT2D eigenvalue weighted by atomic mass is 35.5. The van der Waals surface area contributed by atoms with Crippen molar-refractivity contribution in [1.82, 2.24) is 4.90 Å². The molecule has 1 heterocycles. The van der Waals surface area contributed by atoms with E-state index < -0.39 is 12.8 Å². The minimum atomic E-state index is -4.37. The first kappa shape index (κ1) is 15.3. The van der Waals surface area contributed by atoms with Crippen molar-refractivity contribution in [3.05, 3.63) is 23.2 Å². The molecule has 1 aromatic rings. The van der Waals surface area contributed by atoms with Gasteiger partial charge in [0, 0.05) is 37.9 Å². The number of benzene rings is 1. The minimum Gasteiger partial charge on any atom is -0.482 e. The van der Waals surface area contributed by atoms with Crippen molar-refractivity contribution in [3.8, 4) is 5.75 Å². The molecule has 1 aromatic carbocycles. The third-order valence-corrected chi connectivity index (χ3v) is 3.49. The monoisotopic (exact) mass is 308 g/mol. The first-order valence-electron chi connectivity index (χ1n) is 6.28. The molecular weight excluding hydrogens is 293 g/mol. The molecule has 20 heavy (non-hydrogen) atoms. The van der Waals surface area contributed by atoms with Crippen molar-refractivity contribution in [2.24, 2.45) is 0 Å². The molecule has 0 atom stereocenters. The first-order valence-corrected chi connectivity index (χ1v) is 6.65. The highest BCUT2D eigenvalue weighted by molar-refractivity contribution is 6.32. The number of alkyl halides is 3. The maximum absolute atomic E-state index is 12.2. The molecule has 2 rings (SSSR count). The van der Waals surface area contributed by atoms with Gasteiger partial charge in [-0.1, -0.05) is 11.6 Å². The number of hydrogen-bond acceptors (Lipinski definition) is 3. The van der Waals surface area contributed by atoms with E-state index in [1.807, 2.05) is 7.05 Å². The van der Waals surface area contributed by atoms with E-state index in [1.54, 1.807) is 18.2 Å². The third-order valence-electron chi connectivity index (χ3n) is 3.17. The molecule has 0 spiro atoms. The van der Waals surface area contributed by atoms with Gasteiger partial charge < -0.3 is 14.5 Å². The number of anilines is 1. The summed E-state index contributed by atoms with van der Waals surface area (Å²) in [5, 5.41) is 0.187. The van der Waals surface area contributed by atoms with Crippen LogP contribution in [0.1, 0.15) is 0 Å². The molecular formula is C13H16ClF3N2O. The number of ether oxygens (including phenoxy) is 1. The normalized spacial score (nSPS) is 17.4. The molecule has 0 bridgehead atoms. The number of likely N-dealkylation sites (N-methyl/N-ethyl adjacent to an activating group) is 1. The molecule has 0 radical (unpaired) electrons. The molecule has 0 amide bonds. The topological polar surface area (TPSA) is 15.7 Å². The summed E-state index contributed by atoms with van der Waals surface area (Å²) in [7, 11) is 2.04. The fourth-order valence-corrected chi connectivity index (χ4v) is 2.20. The van der Waals surface area contributed by atoms with E-state index >= 15 is 0 Å². The molecule has 0 saturated carbocycles. The Morgan fingerprint density at radius 2 is 1.85 bits per heavy atom. The van der Waals surface area contributed by atoms with Gasteiger partial charge in [0.2, 0.25) is 0 Å². The molecule has 7 heteroatoms. The average molecular weight is 309 g/mol. The van der Waals surface area contributed by atoms with E-state index in [4.69, 9.17) is 16.3 Å². The van der Waals surface area contributed by atoms with Gasteiger partial charge in [-0.25, -0.2) is 0 Å². The smallest absolute Gasteiger partial charge is 0.422 e. The Kier molecular flexibility index (Phi) is 4.65. The van der Waals surface area contributed by atoms with Gasteiger partial charge in [-0.15, -0.1) is 0 Å². The van der Waals surface area contributed by atoms with Crippen molar-refractivity contribution in [3.63, 3.8) is 0 Å². The van der Waals surface area contributed by atoms with Crippen LogP contribution in [-0.2, 0) is 0 Å². The molecule has 1 fully saturated rings. The Balaban J connectivity index is 2.08. The molecule has 1 aliphatic rings. The molecule has 3 nitrogen and oxygen atoms in total. The second-order valence-corrected chi connectivity index (χ2v) is 5.22. The van der Waals surface area contributed by atoms with Crippen LogP contribution in [0.2, 0.25) is 5.02 Å². The number of piperazine rings is 1. The van der Waals surface area contributed by atoms with Crippen LogP contribution in [0.15, 0.2) is 18.2 Å². The van der Waals surface area contributed by atoms with Gasteiger partial charge in [0.15, 0.2) is 6.61 Å². The highest BCUT2D eigenvalue weighted by Gasteiger charge is 2.29. The van der Waals surface area contributed by atoms with Gasteiger partial charge in [0.1, 0.15) is 5.75 Å². The molecule has 0 aliphatic carbocycles. The zero-order chi connectivity index (χ0) is 14.8. The summed E-state index contributed by atoms with van der Waals surface area (Å²) in [5.41, 5.74) is 0.833. The number of halogens is 4. The summed E-state index contributed by atoms with van der Waals surface area (Å²) >= 11 is 5.87. The predicted molar refractivity (Wildman–Crippen MR) is 72.7 cm³/mol. The molecule has 1 saturated heterocycles. The highest BCUT2D eigenvalue weighted by Crippen LogP contribution is 2.31. The van der Waals surface area contributed by atoms with E-state index in [2.05, 4.69) is 9.80 Å². The number of nitrogens with zero attached hydrogens (tertiary/aromatic N) is 2. The fraction of sp³-hybridized carbons (Fsp3) is 0.538. The summed E-state index contributed by atoms with van der Waals surface area (Å²) < 4.78 is 41.3. The van der Waals surface area contributed by atoms with Gasteiger partial charge in [-0.05, 0) is 19.2 Å². The van der Waals surface area contributed by atoms with E-state index in [9.17, 15) is 13.2 Å². The van der Waals surface area contributed by atoms with Crippen molar-refractivity contribution in [1.29, 1.82) is 0 Å². The van der Waals surface area contributed by atoms with Crippen molar-refractivity contribution < 1.29 is 17.9 Å². The van der Waals surface area contributed by atoms with Crippen LogP contribution < -0.4 is 9.64 Å². The van der Waals surface area contributed by atoms with E-state index in [1.165, 1.54) is 0 Å². The summed E-state index contributed by atoms with van der Waals surface area (Å²) in [6.45, 7) is 2.16. The zero-order valence-electron chi connectivity index (χ0n) is 11.1. The summed E-state index contributed by atoms with van der Waals surface area (Å²) in [6, 6.07) is 4.94. The van der Waals surface area contributed by atoms with Gasteiger partial charge >= 0.3 is 6.18 Å². The standard InChI is InChI=1S/C13H16ClF3N2O/c1-18-4-6-19(7-5-18)10-2-3-11(14)12(8-10)20-9-13(15,16)17/h2-3,8H,4-7,9H2,1H3. The zero-order valence-corrected chi connectivity index (χ0v) is 11.8. The Labute approximate surface area is 120 Å². The number of hydrogen-bond donors (Lipinski definition) is 0. The van der Waals surface area contributed by atoms with Crippen molar-refractivity contribution in [2.75, 3.05) is 44.7 Å². The SMILES string of the molecule is CN1CCN(c2ccc(Cl)c(OCC(F)(F)F)c2)CC1. The van der Waals surface area contributed by atoms with Crippen molar-refractivity contribution >= 4 is 17.3 Å². The molecule has 0 N–H and O–H groups in total. The largest absolute Gasteiger partial charge is 0.482 e. The minimum absolute atomic E-state index is 0.0698. The Hall–Kier alpha value is -1.14. The number of rotatable bonds is 3. The van der Waals surface area contributed by atoms with Crippen LogP contribution >= 0.6 is 11.6 Å². The van der Waals surface area contributed by atoms with E-state index in [0.717, 1.165) is 31.9 Å². The van der Waals surface area contributed by atoms with Crippen LogP contribution in [0.25, 0.3) is 0 Å². The van der Waals surface area contributed by atoms with Gasteiger partial charge in [-0.2, -0.15) is 13.2 Å². The quantitative estimate of drug-likeness (QED) is 0.853. The van der Waals surface area contributed by atoms with Crippen LogP contribution in [0.4, 0.5) is 18.9 Å². The Bertz CT molecular complexity index is 459. The molecule has 1 aliphatic heterocycles. The van der Waals surface area contributed by atoms with Crippen LogP contribution in [-0.4, -0.2) is 50.9 Å². The third kappa shape index (κ3) is 4.18. The fourth-order valence-electron chi connectivity index (χ4n) is 2.02.